The fraction of sp³-hybridized carbons (Fsp3) is 0.400. The molecule has 5 nitrogen and oxygen atoms in total. The van der Waals surface area contributed by atoms with E-state index in [-0.39, 0.29) is 17.7 Å². The van der Waals surface area contributed by atoms with Crippen LogP contribution in [0.15, 0.2) is 53.6 Å². The number of rotatable bonds is 5. The van der Waals surface area contributed by atoms with E-state index in [0.717, 1.165) is 17.7 Å². The van der Waals surface area contributed by atoms with Gasteiger partial charge >= 0.3 is 0 Å². The largest absolute Gasteiger partial charge is 0.506 e. The van der Waals surface area contributed by atoms with Gasteiger partial charge in [0.05, 0.1) is 17.6 Å². The number of hydrogen-bond acceptors (Lipinski definition) is 5. The molecule has 0 saturated heterocycles. The third kappa shape index (κ3) is 4.37. The average molecular weight is 372 g/mol. The minimum absolute atomic E-state index is 0.0901. The lowest BCUT2D eigenvalue weighted by atomic mass is 9.79. The maximum Gasteiger partial charge on any atom is 0.232 e. The second-order valence-electron chi connectivity index (χ2n) is 6.77. The van der Waals surface area contributed by atoms with E-state index in [1.807, 2.05) is 42.3 Å². The summed E-state index contributed by atoms with van der Waals surface area (Å²) in [7, 11) is 1.85. The molecule has 1 aromatic heterocycles. The number of aromatic hydroxyl groups is 1. The molecule has 1 heterocycles. The van der Waals surface area contributed by atoms with Gasteiger partial charge in [0.2, 0.25) is 5.91 Å². The van der Waals surface area contributed by atoms with Gasteiger partial charge in [-0.2, -0.15) is 0 Å². The molecule has 1 aliphatic rings. The molecule has 3 rings (SSSR count). The van der Waals surface area contributed by atoms with Crippen LogP contribution in [0, 0.1) is 0 Å². The first kappa shape index (κ1) is 18.7. The highest BCUT2D eigenvalue weighted by atomic mass is 32.2. The van der Waals surface area contributed by atoms with E-state index in [1.165, 1.54) is 6.20 Å². The topological polar surface area (TPSA) is 73.7 Å². The first-order valence-electron chi connectivity index (χ1n) is 8.79. The number of carbonyl (C=O) groups excluding carboxylic acids is 1. The molecule has 26 heavy (non-hydrogen) atoms. The van der Waals surface area contributed by atoms with E-state index in [0.29, 0.717) is 24.3 Å². The number of carbonyl (C=O) groups is 1. The van der Waals surface area contributed by atoms with E-state index in [9.17, 15) is 15.0 Å². The third-order valence-corrected chi connectivity index (χ3v) is 6.05. The van der Waals surface area contributed by atoms with Gasteiger partial charge in [0.25, 0.3) is 0 Å². The smallest absolute Gasteiger partial charge is 0.232 e. The van der Waals surface area contributed by atoms with Gasteiger partial charge in [0.1, 0.15) is 11.4 Å². The van der Waals surface area contributed by atoms with Gasteiger partial charge < -0.3 is 15.1 Å². The highest BCUT2D eigenvalue weighted by Gasteiger charge is 2.37. The summed E-state index contributed by atoms with van der Waals surface area (Å²) in [5.41, 5.74) is -0.394. The van der Waals surface area contributed by atoms with Crippen molar-refractivity contribution >= 4 is 17.7 Å². The molecule has 1 aromatic carbocycles. The SMILES string of the molecule is CN(C(=O)CSc1ccccc1)[C@H]1CC[C@](O)(c2ccc(O)cn2)CC1. The van der Waals surface area contributed by atoms with Gasteiger partial charge in [0.15, 0.2) is 0 Å². The molecule has 138 valence electrons. The van der Waals surface area contributed by atoms with Gasteiger partial charge in [-0.05, 0) is 49.9 Å². The summed E-state index contributed by atoms with van der Waals surface area (Å²) in [4.78, 5) is 19.6. The van der Waals surface area contributed by atoms with Crippen molar-refractivity contribution in [3.05, 3.63) is 54.4 Å². The number of aliphatic hydroxyl groups is 1. The number of aromatic nitrogens is 1. The second kappa shape index (κ2) is 8.10. The number of benzene rings is 1. The van der Waals surface area contributed by atoms with Gasteiger partial charge in [-0.25, -0.2) is 0 Å². The molecule has 2 N–H and O–H groups in total. The Morgan fingerprint density at radius 3 is 2.54 bits per heavy atom. The van der Waals surface area contributed by atoms with E-state index in [2.05, 4.69) is 4.98 Å². The molecule has 1 aliphatic carbocycles. The van der Waals surface area contributed by atoms with Crippen LogP contribution in [0.2, 0.25) is 0 Å². The lowest BCUT2D eigenvalue weighted by Gasteiger charge is -2.39. The summed E-state index contributed by atoms with van der Waals surface area (Å²) >= 11 is 1.54. The molecule has 0 aliphatic heterocycles. The number of amides is 1. The minimum atomic E-state index is -0.979. The van der Waals surface area contributed by atoms with Crippen LogP contribution in [0.25, 0.3) is 0 Å². The Bertz CT molecular complexity index is 728. The van der Waals surface area contributed by atoms with Crippen LogP contribution in [-0.2, 0) is 10.4 Å². The lowest BCUT2D eigenvalue weighted by molar-refractivity contribution is -0.131. The molecule has 2 aromatic rings. The van der Waals surface area contributed by atoms with E-state index < -0.39 is 5.60 Å². The monoisotopic (exact) mass is 372 g/mol. The predicted molar refractivity (Wildman–Crippen MR) is 102 cm³/mol. The van der Waals surface area contributed by atoms with Crippen molar-refractivity contribution in [3.63, 3.8) is 0 Å². The van der Waals surface area contributed by atoms with Gasteiger partial charge in [0, 0.05) is 18.0 Å². The predicted octanol–water partition coefficient (Wildman–Crippen LogP) is 3.17. The highest BCUT2D eigenvalue weighted by molar-refractivity contribution is 8.00. The molecule has 1 saturated carbocycles. The maximum atomic E-state index is 12.5. The Morgan fingerprint density at radius 2 is 1.92 bits per heavy atom. The quantitative estimate of drug-likeness (QED) is 0.789. The van der Waals surface area contributed by atoms with Crippen molar-refractivity contribution < 1.29 is 15.0 Å². The van der Waals surface area contributed by atoms with Gasteiger partial charge in [-0.3, -0.25) is 9.78 Å². The highest BCUT2D eigenvalue weighted by Crippen LogP contribution is 2.38. The Kier molecular flexibility index (Phi) is 5.84. The van der Waals surface area contributed by atoms with Crippen molar-refractivity contribution in [3.8, 4) is 5.75 Å². The van der Waals surface area contributed by atoms with E-state index in [4.69, 9.17) is 0 Å². The number of hydrogen-bond donors (Lipinski definition) is 2. The summed E-state index contributed by atoms with van der Waals surface area (Å²) in [6.07, 6.45) is 3.93. The van der Waals surface area contributed by atoms with E-state index in [1.54, 1.807) is 23.9 Å². The standard InChI is InChI=1S/C20H24N2O3S/c1-22(19(24)14-26-17-5-3-2-4-6-17)15-9-11-20(25,12-10-15)18-8-7-16(23)13-21-18/h2-8,13,15,23,25H,9-12,14H2,1H3/t15-,20+. The normalized spacial score (nSPS) is 22.8. The van der Waals surface area contributed by atoms with Crippen LogP contribution in [0.5, 0.6) is 5.75 Å². The van der Waals surface area contributed by atoms with E-state index >= 15 is 0 Å². The molecule has 0 spiro atoms. The first-order valence-corrected chi connectivity index (χ1v) is 9.78. The molecule has 1 amide bonds. The van der Waals surface area contributed by atoms with Crippen LogP contribution >= 0.6 is 11.8 Å². The zero-order chi connectivity index (χ0) is 18.6. The average Bonchev–Trinajstić information content (AvgIpc) is 2.67. The zero-order valence-corrected chi connectivity index (χ0v) is 15.7. The fourth-order valence-corrected chi connectivity index (χ4v) is 4.20. The third-order valence-electron chi connectivity index (χ3n) is 5.05. The van der Waals surface area contributed by atoms with Crippen molar-refractivity contribution in [2.24, 2.45) is 0 Å². The van der Waals surface area contributed by atoms with Gasteiger partial charge in [-0.1, -0.05) is 18.2 Å². The molecule has 0 bridgehead atoms. The summed E-state index contributed by atoms with van der Waals surface area (Å²) < 4.78 is 0. The maximum absolute atomic E-state index is 12.5. The lowest BCUT2D eigenvalue weighted by Crippen LogP contribution is -2.44. The molecule has 6 heteroatoms. The Labute approximate surface area is 158 Å². The molecule has 0 radical (unpaired) electrons. The van der Waals surface area contributed by atoms with Crippen molar-refractivity contribution in [1.82, 2.24) is 9.88 Å². The Morgan fingerprint density at radius 1 is 1.23 bits per heavy atom. The number of thioether (sulfide) groups is 1. The number of nitrogens with zero attached hydrogens (tertiary/aromatic N) is 2. The van der Waals surface area contributed by atoms with Crippen LogP contribution in [0.3, 0.4) is 0 Å². The molecule has 0 atom stereocenters. The Hall–Kier alpha value is -2.05. The van der Waals surface area contributed by atoms with Crippen molar-refractivity contribution in [2.75, 3.05) is 12.8 Å². The molecular formula is C20H24N2O3S. The summed E-state index contributed by atoms with van der Waals surface area (Å²) in [5, 5.41) is 20.2. The van der Waals surface area contributed by atoms with Crippen LogP contribution in [0.1, 0.15) is 31.4 Å². The molecule has 1 fully saturated rings. The second-order valence-corrected chi connectivity index (χ2v) is 7.82. The summed E-state index contributed by atoms with van der Waals surface area (Å²) in [5.74, 6) is 0.616. The van der Waals surface area contributed by atoms with Gasteiger partial charge in [-0.15, -0.1) is 11.8 Å². The molecule has 0 unspecified atom stereocenters. The zero-order valence-electron chi connectivity index (χ0n) is 14.8. The molecular weight excluding hydrogens is 348 g/mol. The number of pyridine rings is 1. The Balaban J connectivity index is 1.53. The first-order chi connectivity index (χ1) is 12.5. The van der Waals surface area contributed by atoms with Crippen molar-refractivity contribution in [1.29, 1.82) is 0 Å². The summed E-state index contributed by atoms with van der Waals surface area (Å²) in [6, 6.07) is 13.3. The minimum Gasteiger partial charge on any atom is -0.506 e. The van der Waals surface area contributed by atoms with Crippen molar-refractivity contribution in [2.45, 2.75) is 42.2 Å². The van der Waals surface area contributed by atoms with Crippen LogP contribution in [0.4, 0.5) is 0 Å². The fourth-order valence-electron chi connectivity index (χ4n) is 3.35. The summed E-state index contributed by atoms with van der Waals surface area (Å²) in [6.45, 7) is 0. The van der Waals surface area contributed by atoms with Crippen LogP contribution < -0.4 is 0 Å². The van der Waals surface area contributed by atoms with Crippen LogP contribution in [-0.4, -0.2) is 44.8 Å².